The smallest absolute Gasteiger partial charge is 0.325 e. The summed E-state index contributed by atoms with van der Waals surface area (Å²) in [5.41, 5.74) is -0.303. The summed E-state index contributed by atoms with van der Waals surface area (Å²) in [6.07, 6.45) is 0.751. The van der Waals surface area contributed by atoms with Gasteiger partial charge >= 0.3 is 6.03 Å². The van der Waals surface area contributed by atoms with Crippen molar-refractivity contribution in [2.24, 2.45) is 0 Å². The lowest BCUT2D eigenvalue weighted by atomic mass is 9.90. The third-order valence-corrected chi connectivity index (χ3v) is 6.27. The predicted octanol–water partition coefficient (Wildman–Crippen LogP) is 3.66. The first-order chi connectivity index (χ1) is 16.4. The molecule has 0 unspecified atom stereocenters. The molecule has 1 N–H and O–H groups in total. The molecule has 8 nitrogen and oxygen atoms in total. The van der Waals surface area contributed by atoms with Crippen molar-refractivity contribution in [1.29, 1.82) is 0 Å². The molecule has 0 radical (unpaired) electrons. The largest absolute Gasteiger partial charge is 0.497 e. The lowest BCUT2D eigenvalue weighted by Crippen LogP contribution is -2.41. The monoisotopic (exact) mass is 460 g/mol. The highest BCUT2D eigenvalue weighted by Gasteiger charge is 2.49. The average molecular weight is 460 g/mol. The number of fused-ring (bicyclic) bond motifs is 2. The van der Waals surface area contributed by atoms with E-state index in [2.05, 4.69) is 5.32 Å². The Bertz CT molecular complexity index is 1320. The number of nitrogens with zero attached hydrogens (tertiary/aromatic N) is 1. The fraction of sp³-hybridized carbons (Fsp3) is 0.269. The molecule has 3 amide bonds. The van der Waals surface area contributed by atoms with E-state index < -0.39 is 17.5 Å². The van der Waals surface area contributed by atoms with E-state index in [4.69, 9.17) is 14.2 Å². The molecule has 0 spiro atoms. The van der Waals surface area contributed by atoms with Crippen molar-refractivity contribution in [3.8, 4) is 17.2 Å². The van der Waals surface area contributed by atoms with Gasteiger partial charge in [0.2, 0.25) is 0 Å². The zero-order valence-corrected chi connectivity index (χ0v) is 18.9. The molecular weight excluding hydrogens is 436 g/mol. The lowest BCUT2D eigenvalue weighted by Gasteiger charge is -2.22. The summed E-state index contributed by atoms with van der Waals surface area (Å²) in [6, 6.07) is 15.5. The molecule has 2 heterocycles. The molecule has 8 heteroatoms. The van der Waals surface area contributed by atoms with Crippen LogP contribution in [0.3, 0.4) is 0 Å². The van der Waals surface area contributed by atoms with Gasteiger partial charge in [-0.15, -0.1) is 0 Å². The Balaban J connectivity index is 1.38. The van der Waals surface area contributed by atoms with Gasteiger partial charge in [0.1, 0.15) is 11.3 Å². The standard InChI is InChI=1S/C26H24N2O6/c1-26(19-7-4-17-13-20(32-2)8-5-16(17)12-19)24(30)28(25(31)27-26)15-21(29)18-6-9-22-23(14-18)34-11-3-10-33-22/h4-9,12-14H,3,10-11,15H2,1-2H3,(H,27,31)/t26-/m0/s1. The Kier molecular flexibility index (Phi) is 5.36. The van der Waals surface area contributed by atoms with Gasteiger partial charge in [-0.3, -0.25) is 14.5 Å². The molecule has 1 saturated heterocycles. The van der Waals surface area contributed by atoms with Crippen LogP contribution in [-0.4, -0.2) is 49.5 Å². The molecule has 2 aliphatic rings. The van der Waals surface area contributed by atoms with Crippen molar-refractivity contribution in [3.63, 3.8) is 0 Å². The molecular formula is C26H24N2O6. The third-order valence-electron chi connectivity index (χ3n) is 6.27. The zero-order valence-electron chi connectivity index (χ0n) is 18.9. The number of hydrogen-bond donors (Lipinski definition) is 1. The van der Waals surface area contributed by atoms with E-state index in [-0.39, 0.29) is 12.3 Å². The number of imide groups is 1. The molecule has 2 aliphatic heterocycles. The molecule has 174 valence electrons. The number of rotatable bonds is 5. The van der Waals surface area contributed by atoms with Crippen LogP contribution in [0.1, 0.15) is 29.3 Å². The topological polar surface area (TPSA) is 94.2 Å². The van der Waals surface area contributed by atoms with E-state index in [9.17, 15) is 14.4 Å². The van der Waals surface area contributed by atoms with Crippen LogP contribution in [0.15, 0.2) is 54.6 Å². The van der Waals surface area contributed by atoms with Gasteiger partial charge in [-0.1, -0.05) is 18.2 Å². The molecule has 3 aromatic rings. The summed E-state index contributed by atoms with van der Waals surface area (Å²) in [5.74, 6) is 0.946. The number of nitrogens with one attached hydrogen (secondary N) is 1. The Hall–Kier alpha value is -4.07. The maximum Gasteiger partial charge on any atom is 0.325 e. The van der Waals surface area contributed by atoms with Gasteiger partial charge in [0.25, 0.3) is 5.91 Å². The number of Topliss-reactive ketones (excluding diaryl/α,β-unsaturated/α-hetero) is 1. The second-order valence-electron chi connectivity index (χ2n) is 8.51. The van der Waals surface area contributed by atoms with Crippen molar-refractivity contribution >= 4 is 28.5 Å². The van der Waals surface area contributed by atoms with Gasteiger partial charge in [-0.25, -0.2) is 4.79 Å². The van der Waals surface area contributed by atoms with E-state index in [1.165, 1.54) is 0 Å². The first kappa shape index (κ1) is 21.8. The number of ether oxygens (including phenoxy) is 3. The van der Waals surface area contributed by atoms with Crippen LogP contribution in [-0.2, 0) is 10.3 Å². The van der Waals surface area contributed by atoms with Gasteiger partial charge in [-0.05, 0) is 59.7 Å². The molecule has 3 aromatic carbocycles. The number of methoxy groups -OCH3 is 1. The summed E-state index contributed by atoms with van der Waals surface area (Å²) < 4.78 is 16.5. The molecule has 34 heavy (non-hydrogen) atoms. The second-order valence-corrected chi connectivity index (χ2v) is 8.51. The zero-order chi connectivity index (χ0) is 23.9. The fourth-order valence-electron chi connectivity index (χ4n) is 4.27. The predicted molar refractivity (Wildman–Crippen MR) is 124 cm³/mol. The summed E-state index contributed by atoms with van der Waals surface area (Å²) >= 11 is 0. The quantitative estimate of drug-likeness (QED) is 0.461. The molecule has 1 fully saturated rings. The summed E-state index contributed by atoms with van der Waals surface area (Å²) in [4.78, 5) is 40.0. The van der Waals surface area contributed by atoms with Crippen molar-refractivity contribution in [2.45, 2.75) is 18.9 Å². The number of hydrogen-bond acceptors (Lipinski definition) is 6. The number of urea groups is 1. The van der Waals surface area contributed by atoms with Crippen LogP contribution in [0.4, 0.5) is 4.79 Å². The normalized spacial score (nSPS) is 19.6. The molecule has 5 rings (SSSR count). The van der Waals surface area contributed by atoms with E-state index in [1.54, 1.807) is 38.3 Å². The fourth-order valence-corrected chi connectivity index (χ4v) is 4.27. The van der Waals surface area contributed by atoms with Crippen molar-refractivity contribution < 1.29 is 28.6 Å². The Morgan fingerprint density at radius 2 is 1.74 bits per heavy atom. The second kappa shape index (κ2) is 8.37. The average Bonchev–Trinajstić information content (AvgIpc) is 3.01. The number of benzene rings is 3. The summed E-state index contributed by atoms with van der Waals surface area (Å²) in [5, 5.41) is 4.62. The Labute approximate surface area is 196 Å². The van der Waals surface area contributed by atoms with Gasteiger partial charge < -0.3 is 19.5 Å². The summed E-state index contributed by atoms with van der Waals surface area (Å²) in [6.45, 7) is 2.32. The SMILES string of the molecule is COc1ccc2cc([C@]3(C)NC(=O)N(CC(=O)c4ccc5c(c4)OCCCO5)C3=O)ccc2c1. The molecule has 0 aliphatic carbocycles. The maximum absolute atomic E-state index is 13.3. The van der Waals surface area contributed by atoms with Gasteiger partial charge in [0, 0.05) is 12.0 Å². The first-order valence-electron chi connectivity index (χ1n) is 11.0. The number of carbonyl (C=O) groups excluding carboxylic acids is 3. The minimum atomic E-state index is -1.28. The number of amides is 3. The van der Waals surface area contributed by atoms with Crippen LogP contribution in [0.2, 0.25) is 0 Å². The highest BCUT2D eigenvalue weighted by molar-refractivity contribution is 6.11. The van der Waals surface area contributed by atoms with Gasteiger partial charge in [-0.2, -0.15) is 0 Å². The molecule has 0 bridgehead atoms. The van der Waals surface area contributed by atoms with E-state index in [1.807, 2.05) is 30.3 Å². The van der Waals surface area contributed by atoms with E-state index in [0.717, 1.165) is 27.8 Å². The van der Waals surface area contributed by atoms with Crippen LogP contribution in [0, 0.1) is 0 Å². The van der Waals surface area contributed by atoms with Gasteiger partial charge in [0.15, 0.2) is 17.3 Å². The van der Waals surface area contributed by atoms with Crippen molar-refractivity contribution in [2.75, 3.05) is 26.9 Å². The minimum absolute atomic E-state index is 0.345. The van der Waals surface area contributed by atoms with Crippen molar-refractivity contribution in [3.05, 3.63) is 65.7 Å². The van der Waals surface area contributed by atoms with Crippen LogP contribution in [0.25, 0.3) is 10.8 Å². The Morgan fingerprint density at radius 1 is 1.00 bits per heavy atom. The van der Waals surface area contributed by atoms with Crippen LogP contribution < -0.4 is 19.5 Å². The van der Waals surface area contributed by atoms with E-state index in [0.29, 0.717) is 35.8 Å². The summed E-state index contributed by atoms with van der Waals surface area (Å²) in [7, 11) is 1.60. The van der Waals surface area contributed by atoms with Gasteiger partial charge in [0.05, 0.1) is 26.9 Å². The molecule has 0 aromatic heterocycles. The van der Waals surface area contributed by atoms with Crippen LogP contribution >= 0.6 is 0 Å². The van der Waals surface area contributed by atoms with Crippen LogP contribution in [0.5, 0.6) is 17.2 Å². The number of carbonyl (C=O) groups is 3. The Morgan fingerprint density at radius 3 is 2.53 bits per heavy atom. The molecule has 0 saturated carbocycles. The number of ketones is 1. The maximum atomic E-state index is 13.3. The minimum Gasteiger partial charge on any atom is -0.497 e. The molecule has 1 atom stereocenters. The third kappa shape index (κ3) is 3.71. The lowest BCUT2D eigenvalue weighted by molar-refractivity contribution is -0.130. The van der Waals surface area contributed by atoms with Crippen molar-refractivity contribution in [1.82, 2.24) is 10.2 Å². The van der Waals surface area contributed by atoms with E-state index >= 15 is 0 Å². The highest BCUT2D eigenvalue weighted by Crippen LogP contribution is 2.33. The first-order valence-corrected chi connectivity index (χ1v) is 11.0. The highest BCUT2D eigenvalue weighted by atomic mass is 16.5.